The zero-order chi connectivity index (χ0) is 13.7. The van der Waals surface area contributed by atoms with Gasteiger partial charge in [-0.25, -0.2) is 8.78 Å². The Balaban J connectivity index is 2.14. The van der Waals surface area contributed by atoms with E-state index in [0.29, 0.717) is 5.56 Å². The van der Waals surface area contributed by atoms with Gasteiger partial charge < -0.3 is 0 Å². The Morgan fingerprint density at radius 3 is 1.74 bits per heavy atom. The van der Waals surface area contributed by atoms with Gasteiger partial charge in [0, 0.05) is 6.04 Å². The van der Waals surface area contributed by atoms with Gasteiger partial charge in [0.05, 0.1) is 6.04 Å². The minimum absolute atomic E-state index is 0.125. The molecule has 2 rings (SSSR count). The molecule has 0 aromatic heterocycles. The van der Waals surface area contributed by atoms with Crippen LogP contribution in [-0.4, -0.2) is 6.43 Å². The van der Waals surface area contributed by atoms with Gasteiger partial charge in [-0.3, -0.25) is 5.32 Å². The summed E-state index contributed by atoms with van der Waals surface area (Å²) >= 11 is 0. The van der Waals surface area contributed by atoms with Crippen LogP contribution in [0.1, 0.15) is 30.1 Å². The predicted molar refractivity (Wildman–Crippen MR) is 73.2 cm³/mol. The first-order valence-electron chi connectivity index (χ1n) is 6.32. The van der Waals surface area contributed by atoms with E-state index in [1.807, 2.05) is 43.3 Å². The molecule has 1 N–H and O–H groups in total. The van der Waals surface area contributed by atoms with Gasteiger partial charge in [-0.05, 0) is 18.1 Å². The fraction of sp³-hybridized carbons (Fsp3) is 0.250. The van der Waals surface area contributed by atoms with Gasteiger partial charge >= 0.3 is 0 Å². The lowest BCUT2D eigenvalue weighted by atomic mass is 10.0. The summed E-state index contributed by atoms with van der Waals surface area (Å²) in [6.07, 6.45) is -2.44. The van der Waals surface area contributed by atoms with E-state index in [9.17, 15) is 8.78 Å². The summed E-state index contributed by atoms with van der Waals surface area (Å²) in [5, 5.41) is 3.00. The molecule has 2 atom stereocenters. The number of nitrogens with one attached hydrogen (secondary N) is 1. The third-order valence-corrected chi connectivity index (χ3v) is 3.14. The molecule has 0 bridgehead atoms. The first kappa shape index (κ1) is 13.7. The van der Waals surface area contributed by atoms with Crippen molar-refractivity contribution >= 4 is 0 Å². The van der Waals surface area contributed by atoms with Crippen LogP contribution in [0.2, 0.25) is 0 Å². The average Bonchev–Trinajstić information content (AvgIpc) is 2.46. The van der Waals surface area contributed by atoms with Gasteiger partial charge in [0.1, 0.15) is 0 Å². The lowest BCUT2D eigenvalue weighted by molar-refractivity contribution is 0.0930. The average molecular weight is 261 g/mol. The minimum atomic E-state index is -2.44. The Bertz CT molecular complexity index is 485. The van der Waals surface area contributed by atoms with Crippen molar-refractivity contribution in [3.8, 4) is 0 Å². The van der Waals surface area contributed by atoms with Crippen molar-refractivity contribution in [1.82, 2.24) is 5.32 Å². The molecule has 0 saturated carbocycles. The topological polar surface area (TPSA) is 12.0 Å². The predicted octanol–water partition coefficient (Wildman–Crippen LogP) is 4.34. The number of benzene rings is 2. The van der Waals surface area contributed by atoms with Crippen LogP contribution < -0.4 is 5.32 Å². The van der Waals surface area contributed by atoms with Gasteiger partial charge in [-0.2, -0.15) is 0 Å². The largest absolute Gasteiger partial charge is 0.299 e. The maximum Gasteiger partial charge on any atom is 0.257 e. The second-order valence-corrected chi connectivity index (χ2v) is 4.52. The van der Waals surface area contributed by atoms with Crippen LogP contribution in [0.3, 0.4) is 0 Å². The van der Waals surface area contributed by atoms with E-state index in [4.69, 9.17) is 0 Å². The molecular weight excluding hydrogens is 244 g/mol. The third kappa shape index (κ3) is 3.61. The van der Waals surface area contributed by atoms with Crippen molar-refractivity contribution in [2.75, 3.05) is 0 Å². The highest BCUT2D eigenvalue weighted by Gasteiger charge is 2.23. The molecule has 0 radical (unpaired) electrons. The number of hydrogen-bond donors (Lipinski definition) is 1. The van der Waals surface area contributed by atoms with Crippen LogP contribution in [0.4, 0.5) is 8.78 Å². The zero-order valence-corrected chi connectivity index (χ0v) is 10.8. The maximum absolute atomic E-state index is 13.2. The van der Waals surface area contributed by atoms with Gasteiger partial charge in [0.15, 0.2) is 0 Å². The summed E-state index contributed by atoms with van der Waals surface area (Å²) in [5.74, 6) is 0. The van der Waals surface area contributed by atoms with Crippen molar-refractivity contribution < 1.29 is 8.78 Å². The molecule has 0 heterocycles. The first-order chi connectivity index (χ1) is 9.18. The number of rotatable bonds is 5. The fourth-order valence-corrected chi connectivity index (χ4v) is 2.08. The Kier molecular flexibility index (Phi) is 4.63. The molecule has 100 valence electrons. The third-order valence-electron chi connectivity index (χ3n) is 3.14. The van der Waals surface area contributed by atoms with E-state index in [-0.39, 0.29) is 6.04 Å². The van der Waals surface area contributed by atoms with Crippen LogP contribution >= 0.6 is 0 Å². The lowest BCUT2D eigenvalue weighted by Crippen LogP contribution is -2.29. The Labute approximate surface area is 112 Å². The second kappa shape index (κ2) is 6.43. The molecule has 3 heteroatoms. The highest BCUT2D eigenvalue weighted by molar-refractivity contribution is 5.22. The van der Waals surface area contributed by atoms with E-state index in [0.717, 1.165) is 5.56 Å². The van der Waals surface area contributed by atoms with Crippen LogP contribution in [0, 0.1) is 0 Å². The Morgan fingerprint density at radius 2 is 1.26 bits per heavy atom. The summed E-state index contributed by atoms with van der Waals surface area (Å²) < 4.78 is 26.4. The molecule has 1 nitrogen and oxygen atoms in total. The highest BCUT2D eigenvalue weighted by Crippen LogP contribution is 2.24. The molecule has 0 aliphatic heterocycles. The zero-order valence-electron chi connectivity index (χ0n) is 10.8. The maximum atomic E-state index is 13.2. The SMILES string of the molecule is C[C@H](NC(c1ccccc1)C(F)F)c1ccccc1. The van der Waals surface area contributed by atoms with Gasteiger partial charge in [0.25, 0.3) is 6.43 Å². The van der Waals surface area contributed by atoms with Crippen molar-refractivity contribution in [3.05, 3.63) is 71.8 Å². The normalized spacial score (nSPS) is 14.3. The molecule has 0 aliphatic carbocycles. The van der Waals surface area contributed by atoms with Crippen molar-refractivity contribution in [2.24, 2.45) is 0 Å². The van der Waals surface area contributed by atoms with Gasteiger partial charge in [0.2, 0.25) is 0 Å². The van der Waals surface area contributed by atoms with Crippen LogP contribution in [-0.2, 0) is 0 Å². The fourth-order valence-electron chi connectivity index (χ4n) is 2.08. The molecule has 1 unspecified atom stereocenters. The van der Waals surface area contributed by atoms with Gasteiger partial charge in [-0.1, -0.05) is 60.7 Å². The van der Waals surface area contributed by atoms with E-state index < -0.39 is 12.5 Å². The van der Waals surface area contributed by atoms with E-state index >= 15 is 0 Å². The molecule has 0 saturated heterocycles. The van der Waals surface area contributed by atoms with Crippen LogP contribution in [0.25, 0.3) is 0 Å². The van der Waals surface area contributed by atoms with Crippen LogP contribution in [0.5, 0.6) is 0 Å². The minimum Gasteiger partial charge on any atom is -0.299 e. The molecule has 0 fully saturated rings. The molecule has 19 heavy (non-hydrogen) atoms. The summed E-state index contributed by atoms with van der Waals surface area (Å²) in [4.78, 5) is 0. The molecule has 0 spiro atoms. The number of alkyl halides is 2. The van der Waals surface area contributed by atoms with Crippen LogP contribution in [0.15, 0.2) is 60.7 Å². The van der Waals surface area contributed by atoms with E-state index in [1.54, 1.807) is 24.3 Å². The molecule has 0 amide bonds. The molecule has 0 aliphatic rings. The smallest absolute Gasteiger partial charge is 0.257 e. The molecule has 2 aromatic rings. The van der Waals surface area contributed by atoms with Crippen molar-refractivity contribution in [1.29, 1.82) is 0 Å². The Hall–Kier alpha value is -1.74. The Morgan fingerprint density at radius 1 is 0.789 bits per heavy atom. The van der Waals surface area contributed by atoms with E-state index in [2.05, 4.69) is 5.32 Å². The lowest BCUT2D eigenvalue weighted by Gasteiger charge is -2.23. The highest BCUT2D eigenvalue weighted by atomic mass is 19.3. The quantitative estimate of drug-likeness (QED) is 0.844. The monoisotopic (exact) mass is 261 g/mol. The number of halogens is 2. The van der Waals surface area contributed by atoms with E-state index in [1.165, 1.54) is 0 Å². The summed E-state index contributed by atoms with van der Waals surface area (Å²) in [5.41, 5.74) is 1.62. The van der Waals surface area contributed by atoms with Crippen molar-refractivity contribution in [3.63, 3.8) is 0 Å². The first-order valence-corrected chi connectivity index (χ1v) is 6.32. The van der Waals surface area contributed by atoms with Crippen molar-refractivity contribution in [2.45, 2.75) is 25.4 Å². The number of hydrogen-bond acceptors (Lipinski definition) is 1. The summed E-state index contributed by atoms with van der Waals surface area (Å²) in [6, 6.07) is 17.4. The summed E-state index contributed by atoms with van der Waals surface area (Å²) in [6.45, 7) is 1.90. The molecular formula is C16H17F2N. The van der Waals surface area contributed by atoms with Gasteiger partial charge in [-0.15, -0.1) is 0 Å². The summed E-state index contributed by atoms with van der Waals surface area (Å²) in [7, 11) is 0. The molecule has 2 aromatic carbocycles. The second-order valence-electron chi connectivity index (χ2n) is 4.52. The standard InChI is InChI=1S/C16H17F2N/c1-12(13-8-4-2-5-9-13)19-15(16(17)18)14-10-6-3-7-11-14/h2-12,15-16,19H,1H3/t12-,15?/m0/s1.